The van der Waals surface area contributed by atoms with E-state index in [2.05, 4.69) is 15.9 Å². The lowest BCUT2D eigenvalue weighted by Crippen LogP contribution is -2.26. The first-order chi connectivity index (χ1) is 9.96. The van der Waals surface area contributed by atoms with Gasteiger partial charge < -0.3 is 0 Å². The van der Waals surface area contributed by atoms with Crippen molar-refractivity contribution >= 4 is 37.3 Å². The zero-order valence-electron chi connectivity index (χ0n) is 11.7. The predicted octanol–water partition coefficient (Wildman–Crippen LogP) is 3.82. The number of halogens is 1. The molecular weight excluding hydrogens is 370 g/mol. The largest absolute Gasteiger partial charge is 0.243 e. The molecule has 1 aromatic carbocycles. The van der Waals surface area contributed by atoms with Gasteiger partial charge in [0.25, 0.3) is 0 Å². The Balaban J connectivity index is 1.85. The molecule has 6 heteroatoms. The fraction of sp³-hybridized carbons (Fsp3) is 0.333. The summed E-state index contributed by atoms with van der Waals surface area (Å²) in [5, 5.41) is 1.97. The Morgan fingerprint density at radius 2 is 2.00 bits per heavy atom. The van der Waals surface area contributed by atoms with Crippen molar-refractivity contribution in [1.29, 1.82) is 0 Å². The van der Waals surface area contributed by atoms with E-state index in [0.717, 1.165) is 28.6 Å². The van der Waals surface area contributed by atoms with Crippen LogP contribution >= 0.6 is 27.3 Å². The van der Waals surface area contributed by atoms with Gasteiger partial charge in [0.15, 0.2) is 0 Å². The van der Waals surface area contributed by atoms with E-state index in [-0.39, 0.29) is 0 Å². The molecule has 0 bridgehead atoms. The average molecular weight is 386 g/mol. The summed E-state index contributed by atoms with van der Waals surface area (Å²) in [5.74, 6) is 0. The summed E-state index contributed by atoms with van der Waals surface area (Å²) in [7, 11) is -1.79. The van der Waals surface area contributed by atoms with Crippen LogP contribution in [0.25, 0.3) is 0 Å². The van der Waals surface area contributed by atoms with Crippen molar-refractivity contribution in [2.45, 2.75) is 30.7 Å². The number of rotatable bonds is 4. The van der Waals surface area contributed by atoms with Crippen LogP contribution in [0.1, 0.15) is 23.1 Å². The van der Waals surface area contributed by atoms with E-state index < -0.39 is 10.0 Å². The van der Waals surface area contributed by atoms with E-state index >= 15 is 0 Å². The summed E-state index contributed by atoms with van der Waals surface area (Å²) in [4.78, 5) is 0.403. The van der Waals surface area contributed by atoms with E-state index in [9.17, 15) is 8.42 Å². The highest BCUT2D eigenvalue weighted by Crippen LogP contribution is 2.27. The van der Waals surface area contributed by atoms with Gasteiger partial charge in [0.2, 0.25) is 10.0 Å². The average Bonchev–Trinajstić information content (AvgIpc) is 3.06. The van der Waals surface area contributed by atoms with Crippen molar-refractivity contribution in [3.8, 4) is 0 Å². The van der Waals surface area contributed by atoms with Gasteiger partial charge in [0.05, 0.1) is 8.68 Å². The highest BCUT2D eigenvalue weighted by molar-refractivity contribution is 9.11. The fourth-order valence-electron chi connectivity index (χ4n) is 2.66. The second-order valence-electron chi connectivity index (χ2n) is 5.30. The van der Waals surface area contributed by atoms with Crippen LogP contribution in [-0.2, 0) is 29.4 Å². The highest BCUT2D eigenvalue weighted by atomic mass is 79.9. The van der Waals surface area contributed by atoms with Crippen LogP contribution in [0.5, 0.6) is 0 Å². The summed E-state index contributed by atoms with van der Waals surface area (Å²) in [6, 6.07) is 7.50. The summed E-state index contributed by atoms with van der Waals surface area (Å²) >= 11 is 4.97. The molecule has 0 fully saturated rings. The molecule has 0 spiro atoms. The van der Waals surface area contributed by atoms with Crippen LogP contribution in [0.3, 0.4) is 0 Å². The Morgan fingerprint density at radius 3 is 2.71 bits per heavy atom. The van der Waals surface area contributed by atoms with Gasteiger partial charge in [0, 0.05) is 13.6 Å². The molecule has 0 amide bonds. The number of aryl methyl sites for hydroxylation is 2. The number of hydrogen-bond donors (Lipinski definition) is 0. The van der Waals surface area contributed by atoms with E-state index in [4.69, 9.17) is 0 Å². The van der Waals surface area contributed by atoms with Gasteiger partial charge in [-0.1, -0.05) is 6.07 Å². The molecule has 0 saturated heterocycles. The number of fused-ring (bicyclic) bond motifs is 1. The molecule has 21 heavy (non-hydrogen) atoms. The lowest BCUT2D eigenvalue weighted by Gasteiger charge is -2.17. The van der Waals surface area contributed by atoms with Crippen molar-refractivity contribution in [2.24, 2.45) is 0 Å². The molecular formula is C15H16BrNO2S2. The number of thiophene rings is 1. The van der Waals surface area contributed by atoms with Crippen molar-refractivity contribution in [2.75, 3.05) is 7.05 Å². The molecule has 1 aliphatic rings. The van der Waals surface area contributed by atoms with Gasteiger partial charge in [-0.3, -0.25) is 0 Å². The molecule has 112 valence electrons. The third kappa shape index (κ3) is 3.08. The Bertz CT molecular complexity index is 768. The van der Waals surface area contributed by atoms with E-state index in [1.165, 1.54) is 15.4 Å². The zero-order valence-corrected chi connectivity index (χ0v) is 14.9. The zero-order chi connectivity index (χ0) is 15.0. The summed E-state index contributed by atoms with van der Waals surface area (Å²) in [6.07, 6.45) is 3.17. The van der Waals surface area contributed by atoms with Crippen LogP contribution in [-0.4, -0.2) is 19.8 Å². The predicted molar refractivity (Wildman–Crippen MR) is 89.1 cm³/mol. The topological polar surface area (TPSA) is 37.4 Å². The van der Waals surface area contributed by atoms with Crippen molar-refractivity contribution in [3.63, 3.8) is 0 Å². The van der Waals surface area contributed by atoms with Crippen molar-refractivity contribution in [1.82, 2.24) is 4.31 Å². The van der Waals surface area contributed by atoms with Crippen molar-refractivity contribution < 1.29 is 8.42 Å². The SMILES string of the molecule is CN(Cc1csc(Br)c1)S(=O)(=O)c1ccc2c(c1)CCC2. The van der Waals surface area contributed by atoms with Crippen LogP contribution < -0.4 is 0 Å². The third-order valence-corrected chi connectivity index (χ3v) is 7.16. The summed E-state index contributed by atoms with van der Waals surface area (Å²) in [6.45, 7) is 0.390. The van der Waals surface area contributed by atoms with Gasteiger partial charge in [0.1, 0.15) is 0 Å². The molecule has 0 saturated carbocycles. The number of sulfonamides is 1. The van der Waals surface area contributed by atoms with E-state index in [0.29, 0.717) is 11.4 Å². The van der Waals surface area contributed by atoms with Gasteiger partial charge >= 0.3 is 0 Å². The molecule has 0 unspecified atom stereocenters. The first kappa shape index (κ1) is 15.2. The number of benzene rings is 1. The molecule has 3 rings (SSSR count). The minimum Gasteiger partial charge on any atom is -0.207 e. The fourth-order valence-corrected chi connectivity index (χ4v) is 5.07. The van der Waals surface area contributed by atoms with Crippen LogP contribution in [0.2, 0.25) is 0 Å². The van der Waals surface area contributed by atoms with Crippen LogP contribution in [0.4, 0.5) is 0 Å². The summed E-state index contributed by atoms with van der Waals surface area (Å²) in [5.41, 5.74) is 3.47. The summed E-state index contributed by atoms with van der Waals surface area (Å²) < 4.78 is 27.8. The first-order valence-corrected chi connectivity index (χ1v) is 9.89. The van der Waals surface area contributed by atoms with Crippen LogP contribution in [0.15, 0.2) is 38.3 Å². The molecule has 0 atom stereocenters. The van der Waals surface area contributed by atoms with Gasteiger partial charge in [-0.2, -0.15) is 4.31 Å². The minimum atomic E-state index is -3.43. The van der Waals surface area contributed by atoms with E-state index in [1.54, 1.807) is 24.5 Å². The Hall–Kier alpha value is -0.690. The molecule has 3 nitrogen and oxygen atoms in total. The smallest absolute Gasteiger partial charge is 0.207 e. The standard InChI is InChI=1S/C15H16BrNO2S2/c1-17(9-11-7-15(16)20-10-11)21(18,19)14-6-5-12-3-2-4-13(12)8-14/h5-8,10H,2-4,9H2,1H3. The first-order valence-electron chi connectivity index (χ1n) is 6.78. The Labute approximate surface area is 137 Å². The molecule has 0 aliphatic heterocycles. The molecule has 0 N–H and O–H groups in total. The maximum Gasteiger partial charge on any atom is 0.243 e. The molecule has 1 heterocycles. The Morgan fingerprint density at radius 1 is 1.24 bits per heavy atom. The Kier molecular flexibility index (Phi) is 4.23. The normalized spacial score (nSPS) is 14.6. The van der Waals surface area contributed by atoms with Gasteiger partial charge in [-0.25, -0.2) is 8.42 Å². The van der Waals surface area contributed by atoms with Crippen LogP contribution in [0, 0.1) is 0 Å². The van der Waals surface area contributed by atoms with Crippen molar-refractivity contribution in [3.05, 3.63) is 50.1 Å². The van der Waals surface area contributed by atoms with Gasteiger partial charge in [-0.05, 0) is 75.5 Å². The molecule has 2 aromatic rings. The second kappa shape index (κ2) is 5.83. The van der Waals surface area contributed by atoms with E-state index in [1.807, 2.05) is 23.6 Å². The number of hydrogen-bond acceptors (Lipinski definition) is 3. The lowest BCUT2D eigenvalue weighted by molar-refractivity contribution is 0.467. The second-order valence-corrected chi connectivity index (χ2v) is 9.64. The maximum absolute atomic E-state index is 12.7. The highest BCUT2D eigenvalue weighted by Gasteiger charge is 2.23. The lowest BCUT2D eigenvalue weighted by atomic mass is 10.1. The number of nitrogens with zero attached hydrogens (tertiary/aromatic N) is 1. The third-order valence-electron chi connectivity index (χ3n) is 3.81. The molecule has 1 aliphatic carbocycles. The maximum atomic E-state index is 12.7. The quantitative estimate of drug-likeness (QED) is 0.801. The van der Waals surface area contributed by atoms with Gasteiger partial charge in [-0.15, -0.1) is 11.3 Å². The molecule has 0 radical (unpaired) electrons. The minimum absolute atomic E-state index is 0.390. The monoisotopic (exact) mass is 385 g/mol. The molecule has 1 aromatic heterocycles.